The number of aliphatic hydroxyl groups excluding tert-OH is 1. The summed E-state index contributed by atoms with van der Waals surface area (Å²) in [5.74, 6) is 1.25. The van der Waals surface area contributed by atoms with Crippen LogP contribution in [0, 0.1) is 5.92 Å². The molecular weight excluding hydrogens is 252 g/mol. The monoisotopic (exact) mass is 270 g/mol. The van der Waals surface area contributed by atoms with Gasteiger partial charge in [-0.15, -0.1) is 0 Å². The maximum absolute atomic E-state index is 9.93. The Morgan fingerprint density at radius 2 is 2.17 bits per heavy atom. The third-order valence-corrected chi connectivity index (χ3v) is 3.42. The number of benzene rings is 1. The van der Waals surface area contributed by atoms with Gasteiger partial charge >= 0.3 is 0 Å². The maximum atomic E-state index is 9.93. The Bertz CT molecular complexity index is 364. The van der Waals surface area contributed by atoms with Crippen LogP contribution < -0.4 is 4.74 Å². The van der Waals surface area contributed by atoms with Crippen LogP contribution in [0.5, 0.6) is 5.75 Å². The van der Waals surface area contributed by atoms with E-state index >= 15 is 0 Å². The molecule has 4 heteroatoms. The van der Waals surface area contributed by atoms with Crippen molar-refractivity contribution in [2.24, 2.45) is 5.92 Å². The Kier molecular flexibility index (Phi) is 5.29. The Balaban J connectivity index is 1.72. The molecule has 0 aromatic heterocycles. The van der Waals surface area contributed by atoms with Gasteiger partial charge in [0.1, 0.15) is 12.4 Å². The van der Waals surface area contributed by atoms with Crippen molar-refractivity contribution >= 4 is 11.6 Å². The van der Waals surface area contributed by atoms with E-state index in [9.17, 15) is 5.11 Å². The highest BCUT2D eigenvalue weighted by Gasteiger charge is 2.18. The largest absolute Gasteiger partial charge is 0.491 e. The van der Waals surface area contributed by atoms with Crippen LogP contribution in [0.3, 0.4) is 0 Å². The molecule has 0 spiro atoms. The summed E-state index contributed by atoms with van der Waals surface area (Å²) in [6, 6.07) is 7.23. The van der Waals surface area contributed by atoms with Crippen molar-refractivity contribution in [3.63, 3.8) is 0 Å². The standard InChI is InChI=1S/C14H19ClO3/c15-12-2-1-3-14(9-12)18-10-13(16)8-11-4-6-17-7-5-11/h1-3,9,11,13,16H,4-8,10H2. The normalized spacial score (nSPS) is 18.6. The molecule has 1 unspecified atom stereocenters. The van der Waals surface area contributed by atoms with Crippen molar-refractivity contribution in [2.45, 2.75) is 25.4 Å². The van der Waals surface area contributed by atoms with E-state index in [4.69, 9.17) is 21.1 Å². The number of hydrogen-bond acceptors (Lipinski definition) is 3. The summed E-state index contributed by atoms with van der Waals surface area (Å²) in [7, 11) is 0. The van der Waals surface area contributed by atoms with Gasteiger partial charge in [-0.1, -0.05) is 17.7 Å². The lowest BCUT2D eigenvalue weighted by molar-refractivity contribution is 0.0312. The van der Waals surface area contributed by atoms with Gasteiger partial charge in [-0.05, 0) is 43.4 Å². The second-order valence-corrected chi connectivity index (χ2v) is 5.15. The molecule has 1 heterocycles. The van der Waals surface area contributed by atoms with Crippen LogP contribution in [-0.2, 0) is 4.74 Å². The van der Waals surface area contributed by atoms with Gasteiger partial charge < -0.3 is 14.6 Å². The predicted molar refractivity (Wildman–Crippen MR) is 71.1 cm³/mol. The second-order valence-electron chi connectivity index (χ2n) is 4.71. The summed E-state index contributed by atoms with van der Waals surface area (Å²) in [6.45, 7) is 1.94. The number of ether oxygens (including phenoxy) is 2. The minimum absolute atomic E-state index is 0.317. The molecule has 1 aromatic carbocycles. The van der Waals surface area contributed by atoms with E-state index in [2.05, 4.69) is 0 Å². The van der Waals surface area contributed by atoms with E-state index in [1.165, 1.54) is 0 Å². The number of rotatable bonds is 5. The lowest BCUT2D eigenvalue weighted by Crippen LogP contribution is -2.25. The van der Waals surface area contributed by atoms with Crippen LogP contribution in [0.4, 0.5) is 0 Å². The van der Waals surface area contributed by atoms with E-state index in [0.717, 1.165) is 32.5 Å². The molecular formula is C14H19ClO3. The molecule has 0 aliphatic carbocycles. The van der Waals surface area contributed by atoms with Gasteiger partial charge in [-0.2, -0.15) is 0 Å². The molecule has 0 amide bonds. The van der Waals surface area contributed by atoms with Crippen LogP contribution >= 0.6 is 11.6 Å². The van der Waals surface area contributed by atoms with E-state index in [1.807, 2.05) is 12.1 Å². The minimum atomic E-state index is -0.424. The van der Waals surface area contributed by atoms with Crippen LogP contribution in [0.25, 0.3) is 0 Å². The first-order valence-corrected chi connectivity index (χ1v) is 6.76. The molecule has 18 heavy (non-hydrogen) atoms. The maximum Gasteiger partial charge on any atom is 0.120 e. The molecule has 1 aliphatic heterocycles. The molecule has 1 atom stereocenters. The molecule has 1 N–H and O–H groups in total. The first-order valence-electron chi connectivity index (χ1n) is 6.38. The number of halogens is 1. The third-order valence-electron chi connectivity index (χ3n) is 3.18. The van der Waals surface area contributed by atoms with Crippen molar-refractivity contribution < 1.29 is 14.6 Å². The summed E-state index contributed by atoms with van der Waals surface area (Å²) >= 11 is 5.86. The molecule has 1 aromatic rings. The van der Waals surface area contributed by atoms with Crippen molar-refractivity contribution in [3.8, 4) is 5.75 Å². The highest BCUT2D eigenvalue weighted by atomic mass is 35.5. The molecule has 3 nitrogen and oxygen atoms in total. The van der Waals surface area contributed by atoms with Crippen molar-refractivity contribution in [2.75, 3.05) is 19.8 Å². The fourth-order valence-electron chi connectivity index (χ4n) is 2.18. The van der Waals surface area contributed by atoms with Gasteiger partial charge in [0.05, 0.1) is 6.10 Å². The SMILES string of the molecule is OC(COc1cccc(Cl)c1)CC1CCOCC1. The van der Waals surface area contributed by atoms with Crippen molar-refractivity contribution in [1.29, 1.82) is 0 Å². The molecule has 0 saturated carbocycles. The van der Waals surface area contributed by atoms with Crippen molar-refractivity contribution in [1.82, 2.24) is 0 Å². The van der Waals surface area contributed by atoms with E-state index in [-0.39, 0.29) is 0 Å². The third kappa shape index (κ3) is 4.48. The Hall–Kier alpha value is -0.770. The number of hydrogen-bond donors (Lipinski definition) is 1. The Morgan fingerprint density at radius 1 is 1.39 bits per heavy atom. The molecule has 1 aliphatic rings. The second kappa shape index (κ2) is 6.98. The first kappa shape index (κ1) is 13.7. The zero-order valence-electron chi connectivity index (χ0n) is 10.3. The zero-order valence-corrected chi connectivity index (χ0v) is 11.1. The van der Waals surface area contributed by atoms with E-state index in [0.29, 0.717) is 23.3 Å². The summed E-state index contributed by atoms with van der Waals surface area (Å²) < 4.78 is 10.8. The van der Waals surface area contributed by atoms with Gasteiger partial charge in [0, 0.05) is 18.2 Å². The van der Waals surface area contributed by atoms with Gasteiger partial charge in [0.25, 0.3) is 0 Å². The van der Waals surface area contributed by atoms with E-state index < -0.39 is 6.10 Å². The molecule has 100 valence electrons. The highest BCUT2D eigenvalue weighted by molar-refractivity contribution is 6.30. The molecule has 1 saturated heterocycles. The van der Waals surface area contributed by atoms with Crippen molar-refractivity contribution in [3.05, 3.63) is 29.3 Å². The summed E-state index contributed by atoms with van der Waals surface area (Å²) in [5, 5.41) is 10.6. The molecule has 0 bridgehead atoms. The predicted octanol–water partition coefficient (Wildman–Crippen LogP) is 2.90. The smallest absolute Gasteiger partial charge is 0.120 e. The van der Waals surface area contributed by atoms with Gasteiger partial charge in [0.2, 0.25) is 0 Å². The average molecular weight is 271 g/mol. The Labute approximate surface area is 113 Å². The van der Waals surface area contributed by atoms with Crippen LogP contribution in [0.2, 0.25) is 5.02 Å². The minimum Gasteiger partial charge on any atom is -0.491 e. The lowest BCUT2D eigenvalue weighted by Gasteiger charge is -2.24. The zero-order chi connectivity index (χ0) is 12.8. The average Bonchev–Trinajstić information content (AvgIpc) is 2.38. The summed E-state index contributed by atoms with van der Waals surface area (Å²) in [4.78, 5) is 0. The quantitative estimate of drug-likeness (QED) is 0.894. The summed E-state index contributed by atoms with van der Waals surface area (Å²) in [6.07, 6.45) is 2.43. The van der Waals surface area contributed by atoms with Crippen LogP contribution in [0.15, 0.2) is 24.3 Å². The van der Waals surface area contributed by atoms with Crippen LogP contribution in [0.1, 0.15) is 19.3 Å². The molecule has 0 radical (unpaired) electrons. The van der Waals surface area contributed by atoms with Gasteiger partial charge in [-0.25, -0.2) is 0 Å². The number of aliphatic hydroxyl groups is 1. The highest BCUT2D eigenvalue weighted by Crippen LogP contribution is 2.21. The Morgan fingerprint density at radius 3 is 2.89 bits per heavy atom. The van der Waals surface area contributed by atoms with Gasteiger partial charge in [-0.3, -0.25) is 0 Å². The summed E-state index contributed by atoms with van der Waals surface area (Å²) in [5.41, 5.74) is 0. The van der Waals surface area contributed by atoms with Gasteiger partial charge in [0.15, 0.2) is 0 Å². The fourth-order valence-corrected chi connectivity index (χ4v) is 2.36. The molecule has 2 rings (SSSR count). The van der Waals surface area contributed by atoms with E-state index in [1.54, 1.807) is 12.1 Å². The molecule has 1 fully saturated rings. The van der Waals surface area contributed by atoms with Crippen LogP contribution in [-0.4, -0.2) is 31.0 Å². The first-order chi connectivity index (χ1) is 8.74. The topological polar surface area (TPSA) is 38.7 Å². The fraction of sp³-hybridized carbons (Fsp3) is 0.571. The lowest BCUT2D eigenvalue weighted by atomic mass is 9.94.